The van der Waals surface area contributed by atoms with Crippen LogP contribution in [-0.2, 0) is 4.79 Å². The summed E-state index contributed by atoms with van der Waals surface area (Å²) in [6.45, 7) is 6.01. The third-order valence-electron chi connectivity index (χ3n) is 2.52. The topological polar surface area (TPSA) is 20.3 Å². The first-order chi connectivity index (χ1) is 5.29. The van der Waals surface area contributed by atoms with Crippen LogP contribution in [0.3, 0.4) is 0 Å². The fraction of sp³-hybridized carbons (Fsp3) is 0.900. The lowest BCUT2D eigenvalue weighted by molar-refractivity contribution is -0.138. The van der Waals surface area contributed by atoms with Gasteiger partial charge in [0, 0.05) is 19.0 Å². The first-order valence-electron chi connectivity index (χ1n) is 4.58. The van der Waals surface area contributed by atoms with E-state index in [4.69, 9.17) is 0 Å². The second kappa shape index (κ2) is 5.18. The first kappa shape index (κ1) is 11.5. The Hall–Kier alpha value is -0.530. The van der Waals surface area contributed by atoms with E-state index in [1.54, 1.807) is 0 Å². The van der Waals surface area contributed by atoms with Crippen molar-refractivity contribution in [3.8, 4) is 0 Å². The molecular formula is C10H21NO. The Morgan fingerprint density at radius 2 is 2.17 bits per heavy atom. The molecule has 1 saturated heterocycles. The summed E-state index contributed by atoms with van der Waals surface area (Å²) in [7, 11) is 0. The summed E-state index contributed by atoms with van der Waals surface area (Å²) in [6.07, 6.45) is 3.30. The van der Waals surface area contributed by atoms with Gasteiger partial charge in [0.2, 0.25) is 5.91 Å². The second-order valence-corrected chi connectivity index (χ2v) is 3.17. The summed E-state index contributed by atoms with van der Waals surface area (Å²) >= 11 is 0. The van der Waals surface area contributed by atoms with Crippen molar-refractivity contribution in [3.63, 3.8) is 0 Å². The van der Waals surface area contributed by atoms with Crippen LogP contribution < -0.4 is 0 Å². The predicted molar refractivity (Wildman–Crippen MR) is 52.0 cm³/mol. The molecule has 72 valence electrons. The Balaban J connectivity index is 0.00000121. The minimum Gasteiger partial charge on any atom is -0.343 e. The third kappa shape index (κ3) is 2.23. The molecule has 1 aliphatic rings. The number of hydrogen-bond acceptors (Lipinski definition) is 1. The van der Waals surface area contributed by atoms with Crippen LogP contribution in [0.25, 0.3) is 0 Å². The highest BCUT2D eigenvalue weighted by molar-refractivity contribution is 5.79. The lowest BCUT2D eigenvalue weighted by atomic mass is 9.95. The van der Waals surface area contributed by atoms with Crippen LogP contribution in [-0.4, -0.2) is 23.9 Å². The molecule has 1 amide bonds. The van der Waals surface area contributed by atoms with Crippen molar-refractivity contribution < 1.29 is 4.79 Å². The number of amides is 1. The molecule has 0 spiro atoms. The van der Waals surface area contributed by atoms with Gasteiger partial charge in [-0.3, -0.25) is 4.79 Å². The summed E-state index contributed by atoms with van der Waals surface area (Å²) in [5.74, 6) is 0.699. The average molecular weight is 171 g/mol. The summed E-state index contributed by atoms with van der Waals surface area (Å²) in [4.78, 5) is 13.5. The normalized spacial score (nSPS) is 23.7. The van der Waals surface area contributed by atoms with Gasteiger partial charge in [-0.15, -0.1) is 0 Å². The van der Waals surface area contributed by atoms with E-state index >= 15 is 0 Å². The molecule has 0 saturated carbocycles. The van der Waals surface area contributed by atoms with Gasteiger partial charge in [0.1, 0.15) is 0 Å². The molecule has 2 heteroatoms. The van der Waals surface area contributed by atoms with Crippen molar-refractivity contribution in [1.82, 2.24) is 4.90 Å². The van der Waals surface area contributed by atoms with Crippen LogP contribution in [0.2, 0.25) is 0 Å². The SMILES string of the molecule is C.CCC1CCCN(CC)C1=O. The minimum atomic E-state index is 0. The molecule has 12 heavy (non-hydrogen) atoms. The van der Waals surface area contributed by atoms with E-state index in [-0.39, 0.29) is 7.43 Å². The average Bonchev–Trinajstić information content (AvgIpc) is 2.05. The van der Waals surface area contributed by atoms with E-state index in [0.717, 1.165) is 25.9 Å². The molecule has 0 radical (unpaired) electrons. The number of hydrogen-bond donors (Lipinski definition) is 0. The highest BCUT2D eigenvalue weighted by atomic mass is 16.2. The van der Waals surface area contributed by atoms with Crippen LogP contribution in [0.1, 0.15) is 40.5 Å². The quantitative estimate of drug-likeness (QED) is 0.624. The van der Waals surface area contributed by atoms with Gasteiger partial charge in [0.15, 0.2) is 0 Å². The highest BCUT2D eigenvalue weighted by Crippen LogP contribution is 2.19. The fourth-order valence-corrected chi connectivity index (χ4v) is 1.71. The van der Waals surface area contributed by atoms with Gasteiger partial charge in [0.05, 0.1) is 0 Å². The van der Waals surface area contributed by atoms with Crippen LogP contribution in [0.5, 0.6) is 0 Å². The van der Waals surface area contributed by atoms with Crippen LogP contribution in [0, 0.1) is 5.92 Å². The Morgan fingerprint density at radius 3 is 2.67 bits per heavy atom. The maximum absolute atomic E-state index is 11.5. The van der Waals surface area contributed by atoms with Crippen molar-refractivity contribution in [2.75, 3.05) is 13.1 Å². The molecule has 1 rings (SSSR count). The highest BCUT2D eigenvalue weighted by Gasteiger charge is 2.25. The summed E-state index contributed by atoms with van der Waals surface area (Å²) in [5, 5.41) is 0. The van der Waals surface area contributed by atoms with E-state index in [1.165, 1.54) is 6.42 Å². The molecule has 0 N–H and O–H groups in total. The largest absolute Gasteiger partial charge is 0.343 e. The van der Waals surface area contributed by atoms with Gasteiger partial charge < -0.3 is 4.90 Å². The van der Waals surface area contributed by atoms with E-state index in [2.05, 4.69) is 13.8 Å². The van der Waals surface area contributed by atoms with Gasteiger partial charge in [-0.25, -0.2) is 0 Å². The first-order valence-corrected chi connectivity index (χ1v) is 4.58. The van der Waals surface area contributed by atoms with Crippen molar-refractivity contribution in [2.45, 2.75) is 40.5 Å². The third-order valence-corrected chi connectivity index (χ3v) is 2.52. The maximum Gasteiger partial charge on any atom is 0.225 e. The molecular weight excluding hydrogens is 150 g/mol. The Kier molecular flexibility index (Phi) is 4.95. The molecule has 1 unspecified atom stereocenters. The second-order valence-electron chi connectivity index (χ2n) is 3.17. The Bertz CT molecular complexity index is 131. The lowest BCUT2D eigenvalue weighted by Crippen LogP contribution is -2.40. The number of carbonyl (C=O) groups is 1. The van der Waals surface area contributed by atoms with E-state index in [9.17, 15) is 4.79 Å². The van der Waals surface area contributed by atoms with Gasteiger partial charge in [0.25, 0.3) is 0 Å². The minimum absolute atomic E-state index is 0. The number of likely N-dealkylation sites (tertiary alicyclic amines) is 1. The monoisotopic (exact) mass is 171 g/mol. The van der Waals surface area contributed by atoms with E-state index < -0.39 is 0 Å². The van der Waals surface area contributed by atoms with Gasteiger partial charge >= 0.3 is 0 Å². The predicted octanol–water partition coefficient (Wildman–Crippen LogP) is 2.29. The molecule has 0 aromatic carbocycles. The molecule has 0 aromatic heterocycles. The molecule has 1 heterocycles. The van der Waals surface area contributed by atoms with E-state index in [0.29, 0.717) is 11.8 Å². The molecule has 2 nitrogen and oxygen atoms in total. The number of piperidine rings is 1. The van der Waals surface area contributed by atoms with Crippen LogP contribution in [0.4, 0.5) is 0 Å². The standard InChI is InChI=1S/C9H17NO.CH4/c1-3-8-6-5-7-10(4-2)9(8)11;/h8H,3-7H2,1-2H3;1H4. The zero-order chi connectivity index (χ0) is 8.27. The molecule has 1 atom stereocenters. The van der Waals surface area contributed by atoms with Crippen molar-refractivity contribution >= 4 is 5.91 Å². The molecule has 1 fully saturated rings. The molecule has 0 aromatic rings. The van der Waals surface area contributed by atoms with Gasteiger partial charge in [-0.05, 0) is 26.2 Å². The van der Waals surface area contributed by atoms with Crippen LogP contribution in [0.15, 0.2) is 0 Å². The van der Waals surface area contributed by atoms with Crippen molar-refractivity contribution in [2.24, 2.45) is 5.92 Å². The number of carbonyl (C=O) groups excluding carboxylic acids is 1. The maximum atomic E-state index is 11.5. The molecule has 0 aliphatic carbocycles. The molecule has 0 bridgehead atoms. The zero-order valence-corrected chi connectivity index (χ0v) is 7.47. The smallest absolute Gasteiger partial charge is 0.225 e. The summed E-state index contributed by atoms with van der Waals surface area (Å²) < 4.78 is 0. The molecule has 1 aliphatic heterocycles. The Morgan fingerprint density at radius 1 is 1.50 bits per heavy atom. The Labute approximate surface area is 75.9 Å². The van der Waals surface area contributed by atoms with Crippen molar-refractivity contribution in [1.29, 1.82) is 0 Å². The van der Waals surface area contributed by atoms with Crippen molar-refractivity contribution in [3.05, 3.63) is 0 Å². The van der Waals surface area contributed by atoms with Gasteiger partial charge in [-0.1, -0.05) is 14.4 Å². The van der Waals surface area contributed by atoms with Crippen LogP contribution >= 0.6 is 0 Å². The number of nitrogens with zero attached hydrogens (tertiary/aromatic N) is 1. The van der Waals surface area contributed by atoms with E-state index in [1.807, 2.05) is 4.90 Å². The lowest BCUT2D eigenvalue weighted by Gasteiger charge is -2.30. The zero-order valence-electron chi connectivity index (χ0n) is 7.47. The summed E-state index contributed by atoms with van der Waals surface area (Å²) in [6, 6.07) is 0. The fourth-order valence-electron chi connectivity index (χ4n) is 1.71. The number of rotatable bonds is 2. The summed E-state index contributed by atoms with van der Waals surface area (Å²) in [5.41, 5.74) is 0. The van der Waals surface area contributed by atoms with Gasteiger partial charge in [-0.2, -0.15) is 0 Å².